The van der Waals surface area contributed by atoms with Crippen molar-refractivity contribution in [1.82, 2.24) is 5.32 Å². The fourth-order valence-corrected chi connectivity index (χ4v) is 6.42. The molecule has 2 aromatic rings. The SMILES string of the molecule is CCOC(=O)C1CCC([C@H]2C[C@@H](NC(=O)[C@@]3(C)COc4cc5c(cc43)OC(F)(F)O5)c3ccc(OC(F)(F)F)cc3O2)CC1. The van der Waals surface area contributed by atoms with Gasteiger partial charge in [-0.2, -0.15) is 0 Å². The first kappa shape index (κ1) is 30.1. The van der Waals surface area contributed by atoms with Gasteiger partial charge in [0.25, 0.3) is 0 Å². The highest BCUT2D eigenvalue weighted by Gasteiger charge is 2.50. The number of rotatable bonds is 6. The molecule has 3 aliphatic heterocycles. The summed E-state index contributed by atoms with van der Waals surface area (Å²) in [5, 5.41) is 3.01. The van der Waals surface area contributed by atoms with E-state index >= 15 is 0 Å². The van der Waals surface area contributed by atoms with E-state index in [1.54, 1.807) is 13.8 Å². The zero-order valence-electron chi connectivity index (χ0n) is 23.8. The van der Waals surface area contributed by atoms with Crippen LogP contribution in [0.2, 0.25) is 0 Å². The zero-order chi connectivity index (χ0) is 31.4. The van der Waals surface area contributed by atoms with E-state index in [0.717, 1.165) is 12.1 Å². The summed E-state index contributed by atoms with van der Waals surface area (Å²) in [5.41, 5.74) is -0.529. The monoisotopic (exact) mass is 627 g/mol. The van der Waals surface area contributed by atoms with Gasteiger partial charge in [0.15, 0.2) is 11.5 Å². The molecule has 3 atom stereocenters. The van der Waals surface area contributed by atoms with E-state index in [2.05, 4.69) is 19.5 Å². The number of hydrogen-bond acceptors (Lipinski definition) is 8. The summed E-state index contributed by atoms with van der Waals surface area (Å²) < 4.78 is 96.5. The summed E-state index contributed by atoms with van der Waals surface area (Å²) >= 11 is 0. The van der Waals surface area contributed by atoms with E-state index in [9.17, 15) is 31.5 Å². The van der Waals surface area contributed by atoms with Gasteiger partial charge >= 0.3 is 18.6 Å². The molecule has 1 N–H and O–H groups in total. The summed E-state index contributed by atoms with van der Waals surface area (Å²) in [6.45, 7) is 3.54. The summed E-state index contributed by atoms with van der Waals surface area (Å²) in [6.07, 6.45) is -6.53. The third-order valence-electron chi connectivity index (χ3n) is 8.68. The molecule has 0 bridgehead atoms. The Kier molecular flexibility index (Phi) is 7.44. The molecule has 1 aliphatic carbocycles. The minimum Gasteiger partial charge on any atom is -0.492 e. The minimum atomic E-state index is -4.91. The Labute approximate surface area is 248 Å². The van der Waals surface area contributed by atoms with Gasteiger partial charge in [0.2, 0.25) is 5.91 Å². The second-order valence-electron chi connectivity index (χ2n) is 11.6. The van der Waals surface area contributed by atoms with Gasteiger partial charge < -0.3 is 33.7 Å². The number of fused-ring (bicyclic) bond motifs is 3. The number of alkyl halides is 5. The van der Waals surface area contributed by atoms with Crippen molar-refractivity contribution < 1.29 is 60.0 Å². The molecular weight excluding hydrogens is 597 g/mol. The van der Waals surface area contributed by atoms with E-state index in [1.165, 1.54) is 18.2 Å². The van der Waals surface area contributed by atoms with Crippen LogP contribution in [0.1, 0.15) is 63.1 Å². The molecule has 0 aromatic heterocycles. The Balaban J connectivity index is 1.24. The minimum absolute atomic E-state index is 0.0343. The highest BCUT2D eigenvalue weighted by Crippen LogP contribution is 2.50. The van der Waals surface area contributed by atoms with Gasteiger partial charge in [-0.25, -0.2) is 0 Å². The first-order valence-electron chi connectivity index (χ1n) is 14.4. The molecule has 0 radical (unpaired) electrons. The maximum Gasteiger partial charge on any atom is 0.586 e. The number of esters is 1. The molecule has 14 heteroatoms. The van der Waals surface area contributed by atoms with Gasteiger partial charge in [-0.15, -0.1) is 22.0 Å². The number of hydrogen-bond donors (Lipinski definition) is 1. The van der Waals surface area contributed by atoms with E-state index < -0.39 is 41.9 Å². The van der Waals surface area contributed by atoms with Crippen molar-refractivity contribution in [2.75, 3.05) is 13.2 Å². The van der Waals surface area contributed by atoms with E-state index in [4.69, 9.17) is 14.2 Å². The zero-order valence-corrected chi connectivity index (χ0v) is 23.8. The summed E-state index contributed by atoms with van der Waals surface area (Å²) in [5.74, 6) is -1.58. The molecule has 0 saturated heterocycles. The largest absolute Gasteiger partial charge is 0.586 e. The molecule has 9 nitrogen and oxygen atoms in total. The van der Waals surface area contributed by atoms with E-state index in [1.807, 2.05) is 0 Å². The average molecular weight is 628 g/mol. The van der Waals surface area contributed by atoms with Gasteiger partial charge in [-0.3, -0.25) is 9.59 Å². The van der Waals surface area contributed by atoms with E-state index in [0.29, 0.717) is 43.2 Å². The number of carbonyl (C=O) groups excluding carboxylic acids is 2. The Morgan fingerprint density at radius 2 is 1.70 bits per heavy atom. The van der Waals surface area contributed by atoms with Crippen molar-refractivity contribution in [3.8, 4) is 28.7 Å². The lowest BCUT2D eigenvalue weighted by Gasteiger charge is -2.40. The van der Waals surface area contributed by atoms with Crippen LogP contribution in [0.25, 0.3) is 0 Å². The van der Waals surface area contributed by atoms with Crippen LogP contribution in [-0.2, 0) is 19.7 Å². The number of amides is 1. The Morgan fingerprint density at radius 3 is 2.39 bits per heavy atom. The van der Waals surface area contributed by atoms with E-state index in [-0.39, 0.29) is 54.0 Å². The first-order chi connectivity index (χ1) is 20.7. The topological polar surface area (TPSA) is 102 Å². The Bertz CT molecular complexity index is 1460. The molecule has 1 fully saturated rings. The van der Waals surface area contributed by atoms with Crippen LogP contribution in [0.15, 0.2) is 30.3 Å². The van der Waals surface area contributed by atoms with Gasteiger partial charge in [-0.1, -0.05) is 0 Å². The molecule has 44 heavy (non-hydrogen) atoms. The van der Waals surface area contributed by atoms with Crippen molar-refractivity contribution in [3.63, 3.8) is 0 Å². The number of ether oxygens (including phenoxy) is 6. The maximum absolute atomic E-state index is 13.9. The Hall–Kier alpha value is -3.97. The van der Waals surface area contributed by atoms with Gasteiger partial charge in [0.05, 0.1) is 18.6 Å². The smallest absolute Gasteiger partial charge is 0.492 e. The molecule has 238 valence electrons. The fourth-order valence-electron chi connectivity index (χ4n) is 6.42. The van der Waals surface area contributed by atoms with Crippen LogP contribution in [0.5, 0.6) is 28.7 Å². The van der Waals surface area contributed by atoms with Gasteiger partial charge in [-0.05, 0) is 63.6 Å². The normalized spacial score (nSPS) is 28.2. The number of benzene rings is 2. The van der Waals surface area contributed by atoms with Crippen LogP contribution in [0.3, 0.4) is 0 Å². The molecule has 1 saturated carbocycles. The molecule has 0 unspecified atom stereocenters. The molecule has 6 rings (SSSR count). The second kappa shape index (κ2) is 10.9. The summed E-state index contributed by atoms with van der Waals surface area (Å²) in [7, 11) is 0. The van der Waals surface area contributed by atoms with Crippen LogP contribution in [-0.4, -0.2) is 43.9 Å². The lowest BCUT2D eigenvalue weighted by molar-refractivity contribution is -0.286. The quantitative estimate of drug-likeness (QED) is 0.311. The molecule has 2 aromatic carbocycles. The second-order valence-corrected chi connectivity index (χ2v) is 11.6. The lowest BCUT2D eigenvalue weighted by atomic mass is 9.76. The van der Waals surface area contributed by atoms with Crippen LogP contribution < -0.4 is 29.0 Å². The van der Waals surface area contributed by atoms with Crippen LogP contribution in [0, 0.1) is 11.8 Å². The van der Waals surface area contributed by atoms with Crippen molar-refractivity contribution in [3.05, 3.63) is 41.5 Å². The van der Waals surface area contributed by atoms with Crippen molar-refractivity contribution in [2.45, 2.75) is 76.2 Å². The summed E-state index contributed by atoms with van der Waals surface area (Å²) in [4.78, 5) is 26.1. The molecule has 0 spiro atoms. The number of halogens is 5. The standard InChI is InChI=1S/C30H30F5NO8/c1-3-39-26(37)16-6-4-15(5-7-16)21-12-20(18-9-8-17(10-22(18)41-21)42-29(31,32)33)36-27(38)28(2)14-40-23-13-25-24(11-19(23)28)43-30(34,35)44-25/h8-11,13,15-16,20-21H,3-7,12,14H2,1-2H3,(H,36,38)/t15?,16?,20-,21-,28+/m1/s1. The number of nitrogens with one attached hydrogen (secondary N) is 1. The van der Waals surface area contributed by atoms with Gasteiger partial charge in [0, 0.05) is 29.7 Å². The number of carbonyl (C=O) groups is 2. The molecule has 3 heterocycles. The molecule has 1 amide bonds. The molecular formula is C30H30F5NO8. The van der Waals surface area contributed by atoms with Crippen LogP contribution in [0.4, 0.5) is 22.0 Å². The van der Waals surface area contributed by atoms with Crippen LogP contribution >= 0.6 is 0 Å². The molecule has 4 aliphatic rings. The van der Waals surface area contributed by atoms with Crippen molar-refractivity contribution >= 4 is 11.9 Å². The fraction of sp³-hybridized carbons (Fsp3) is 0.533. The van der Waals surface area contributed by atoms with Crippen molar-refractivity contribution in [2.24, 2.45) is 11.8 Å². The van der Waals surface area contributed by atoms with Crippen molar-refractivity contribution in [1.29, 1.82) is 0 Å². The third kappa shape index (κ3) is 5.77. The highest BCUT2D eigenvalue weighted by atomic mass is 19.4. The predicted octanol–water partition coefficient (Wildman–Crippen LogP) is 5.93. The lowest BCUT2D eigenvalue weighted by Crippen LogP contribution is -2.47. The average Bonchev–Trinajstić information content (AvgIpc) is 3.45. The Morgan fingerprint density at radius 1 is 1.00 bits per heavy atom. The predicted molar refractivity (Wildman–Crippen MR) is 141 cm³/mol. The first-order valence-corrected chi connectivity index (χ1v) is 14.4. The summed E-state index contributed by atoms with van der Waals surface area (Å²) in [6, 6.07) is 5.58. The highest BCUT2D eigenvalue weighted by molar-refractivity contribution is 5.90. The maximum atomic E-state index is 13.9. The third-order valence-corrected chi connectivity index (χ3v) is 8.68. The van der Waals surface area contributed by atoms with Gasteiger partial charge in [0.1, 0.15) is 35.4 Å².